The van der Waals surface area contributed by atoms with Gasteiger partial charge in [-0.1, -0.05) is 11.6 Å². The molecule has 2 rings (SSSR count). The Bertz CT molecular complexity index is 456. The Morgan fingerprint density at radius 2 is 1.95 bits per heavy atom. The number of halogens is 2. The molecule has 1 aromatic carbocycles. The van der Waals surface area contributed by atoms with Gasteiger partial charge in [0, 0.05) is 11.9 Å². The minimum absolute atomic E-state index is 0.253. The average molecular weight is 298 g/mol. The summed E-state index contributed by atoms with van der Waals surface area (Å²) in [5.74, 6) is 1.35. The molecule has 0 amide bonds. The van der Waals surface area contributed by atoms with Crippen molar-refractivity contribution in [1.82, 2.24) is 4.98 Å². The highest BCUT2D eigenvalue weighted by Crippen LogP contribution is 2.18. The number of benzene rings is 1. The summed E-state index contributed by atoms with van der Waals surface area (Å²) in [6.45, 7) is 0.603. The van der Waals surface area contributed by atoms with Crippen LogP contribution in [-0.4, -0.2) is 17.3 Å². The van der Waals surface area contributed by atoms with E-state index in [1.165, 1.54) is 12.1 Å². The van der Waals surface area contributed by atoms with Crippen LogP contribution in [0.5, 0.6) is 5.75 Å². The SMILES string of the molecule is Fc1ccc(OCCCSc2ccc(Cl)cn2)cc1. The van der Waals surface area contributed by atoms with Gasteiger partial charge in [-0.2, -0.15) is 0 Å². The number of thioether (sulfide) groups is 1. The lowest BCUT2D eigenvalue weighted by Gasteiger charge is -2.05. The number of hydrogen-bond donors (Lipinski definition) is 0. The lowest BCUT2D eigenvalue weighted by Crippen LogP contribution is -1.98. The molecule has 0 unspecified atom stereocenters. The highest BCUT2D eigenvalue weighted by atomic mass is 35.5. The van der Waals surface area contributed by atoms with Gasteiger partial charge in [0.1, 0.15) is 11.6 Å². The van der Waals surface area contributed by atoms with Crippen LogP contribution in [0.2, 0.25) is 5.02 Å². The first kappa shape index (κ1) is 14.2. The molecular formula is C14H13ClFNOS. The summed E-state index contributed by atoms with van der Waals surface area (Å²) in [7, 11) is 0. The third-order valence-electron chi connectivity index (χ3n) is 2.32. The minimum Gasteiger partial charge on any atom is -0.494 e. The Labute approximate surface area is 121 Å². The molecule has 1 aromatic heterocycles. The monoisotopic (exact) mass is 297 g/mol. The molecule has 0 saturated carbocycles. The Balaban J connectivity index is 1.64. The molecule has 0 aliphatic rings. The molecular weight excluding hydrogens is 285 g/mol. The Morgan fingerprint density at radius 3 is 2.63 bits per heavy atom. The zero-order valence-electron chi connectivity index (χ0n) is 10.2. The summed E-state index contributed by atoms with van der Waals surface area (Å²) in [5.41, 5.74) is 0. The number of pyridine rings is 1. The Hall–Kier alpha value is -1.26. The van der Waals surface area contributed by atoms with Crippen molar-refractivity contribution < 1.29 is 9.13 Å². The fourth-order valence-electron chi connectivity index (χ4n) is 1.40. The summed E-state index contributed by atoms with van der Waals surface area (Å²) >= 11 is 7.41. The van der Waals surface area contributed by atoms with E-state index < -0.39 is 0 Å². The second kappa shape index (κ2) is 7.36. The molecule has 0 saturated heterocycles. The second-order valence-corrected chi connectivity index (χ2v) is 5.37. The molecule has 0 atom stereocenters. The Kier molecular flexibility index (Phi) is 5.48. The van der Waals surface area contributed by atoms with Crippen LogP contribution in [-0.2, 0) is 0 Å². The fourth-order valence-corrected chi connectivity index (χ4v) is 2.28. The van der Waals surface area contributed by atoms with Crippen LogP contribution in [0.1, 0.15) is 6.42 Å². The molecule has 1 heterocycles. The molecule has 100 valence electrons. The molecule has 0 bridgehead atoms. The van der Waals surface area contributed by atoms with E-state index in [-0.39, 0.29) is 5.82 Å². The van der Waals surface area contributed by atoms with Crippen LogP contribution >= 0.6 is 23.4 Å². The van der Waals surface area contributed by atoms with E-state index >= 15 is 0 Å². The average Bonchev–Trinajstić information content (AvgIpc) is 2.43. The minimum atomic E-state index is -0.253. The van der Waals surface area contributed by atoms with Crippen LogP contribution in [0.25, 0.3) is 0 Å². The maximum Gasteiger partial charge on any atom is 0.123 e. The number of hydrogen-bond acceptors (Lipinski definition) is 3. The van der Waals surface area contributed by atoms with Crippen LogP contribution in [0.15, 0.2) is 47.6 Å². The molecule has 0 radical (unpaired) electrons. The number of ether oxygens (including phenoxy) is 1. The van der Waals surface area contributed by atoms with Gasteiger partial charge in [0.05, 0.1) is 16.7 Å². The van der Waals surface area contributed by atoms with Crippen molar-refractivity contribution in [3.63, 3.8) is 0 Å². The van der Waals surface area contributed by atoms with Crippen molar-refractivity contribution in [2.75, 3.05) is 12.4 Å². The van der Waals surface area contributed by atoms with Gasteiger partial charge in [0.15, 0.2) is 0 Å². The van der Waals surface area contributed by atoms with Gasteiger partial charge in [-0.3, -0.25) is 0 Å². The van der Waals surface area contributed by atoms with Crippen LogP contribution < -0.4 is 4.74 Å². The van der Waals surface area contributed by atoms with Gasteiger partial charge in [-0.25, -0.2) is 9.37 Å². The molecule has 0 fully saturated rings. The lowest BCUT2D eigenvalue weighted by molar-refractivity contribution is 0.318. The van der Waals surface area contributed by atoms with Crippen molar-refractivity contribution in [3.05, 3.63) is 53.4 Å². The first-order valence-corrected chi connectivity index (χ1v) is 7.23. The van der Waals surface area contributed by atoms with Gasteiger partial charge >= 0.3 is 0 Å². The Morgan fingerprint density at radius 1 is 1.16 bits per heavy atom. The zero-order chi connectivity index (χ0) is 13.5. The quantitative estimate of drug-likeness (QED) is 0.581. The summed E-state index contributed by atoms with van der Waals surface area (Å²) in [6.07, 6.45) is 2.53. The van der Waals surface area contributed by atoms with Crippen LogP contribution in [0.4, 0.5) is 4.39 Å². The third kappa shape index (κ3) is 5.09. The topological polar surface area (TPSA) is 22.1 Å². The predicted octanol–water partition coefficient (Wildman–Crippen LogP) is 4.44. The highest BCUT2D eigenvalue weighted by Gasteiger charge is 1.97. The van der Waals surface area contributed by atoms with E-state index in [1.54, 1.807) is 30.1 Å². The van der Waals surface area contributed by atoms with E-state index in [1.807, 2.05) is 12.1 Å². The van der Waals surface area contributed by atoms with E-state index in [9.17, 15) is 4.39 Å². The van der Waals surface area contributed by atoms with Gasteiger partial charge < -0.3 is 4.74 Å². The molecule has 0 aliphatic heterocycles. The van der Waals surface area contributed by atoms with E-state index in [4.69, 9.17) is 16.3 Å². The molecule has 0 spiro atoms. The molecule has 0 aliphatic carbocycles. The summed E-state index contributed by atoms with van der Waals surface area (Å²) in [5, 5.41) is 1.59. The normalized spacial score (nSPS) is 10.4. The summed E-state index contributed by atoms with van der Waals surface area (Å²) in [4.78, 5) is 4.19. The van der Waals surface area contributed by atoms with Gasteiger partial charge in [-0.15, -0.1) is 11.8 Å². The smallest absolute Gasteiger partial charge is 0.123 e. The number of rotatable bonds is 6. The van der Waals surface area contributed by atoms with Crippen molar-refractivity contribution in [2.45, 2.75) is 11.4 Å². The first-order valence-electron chi connectivity index (χ1n) is 5.87. The van der Waals surface area contributed by atoms with E-state index in [0.29, 0.717) is 17.4 Å². The van der Waals surface area contributed by atoms with Crippen molar-refractivity contribution in [1.29, 1.82) is 0 Å². The highest BCUT2D eigenvalue weighted by molar-refractivity contribution is 7.99. The predicted molar refractivity (Wildman–Crippen MR) is 76.5 cm³/mol. The maximum absolute atomic E-state index is 12.7. The molecule has 5 heteroatoms. The van der Waals surface area contributed by atoms with Gasteiger partial charge in [0.25, 0.3) is 0 Å². The zero-order valence-corrected chi connectivity index (χ0v) is 11.8. The van der Waals surface area contributed by atoms with E-state index in [0.717, 1.165) is 17.2 Å². The number of aromatic nitrogens is 1. The van der Waals surface area contributed by atoms with Crippen LogP contribution in [0.3, 0.4) is 0 Å². The standard InChI is InChI=1S/C14H13ClFNOS/c15-11-2-7-14(17-10-11)19-9-1-8-18-13-5-3-12(16)4-6-13/h2-7,10H,1,8-9H2. The molecule has 2 aromatic rings. The lowest BCUT2D eigenvalue weighted by atomic mass is 10.3. The van der Waals surface area contributed by atoms with Crippen molar-refractivity contribution in [2.24, 2.45) is 0 Å². The molecule has 19 heavy (non-hydrogen) atoms. The van der Waals surface area contributed by atoms with Crippen molar-refractivity contribution >= 4 is 23.4 Å². The fraction of sp³-hybridized carbons (Fsp3) is 0.214. The van der Waals surface area contributed by atoms with Gasteiger partial charge in [0.2, 0.25) is 0 Å². The van der Waals surface area contributed by atoms with Gasteiger partial charge in [-0.05, 0) is 42.8 Å². The maximum atomic E-state index is 12.7. The van der Waals surface area contributed by atoms with Crippen LogP contribution in [0, 0.1) is 5.82 Å². The first-order chi connectivity index (χ1) is 9.24. The summed E-state index contributed by atoms with van der Waals surface area (Å²) in [6, 6.07) is 9.76. The van der Waals surface area contributed by atoms with E-state index in [2.05, 4.69) is 4.98 Å². The second-order valence-electron chi connectivity index (χ2n) is 3.82. The summed E-state index contributed by atoms with van der Waals surface area (Å²) < 4.78 is 18.2. The third-order valence-corrected chi connectivity index (χ3v) is 3.57. The number of nitrogens with zero attached hydrogens (tertiary/aromatic N) is 1. The van der Waals surface area contributed by atoms with Crippen molar-refractivity contribution in [3.8, 4) is 5.75 Å². The molecule has 0 N–H and O–H groups in total. The molecule has 2 nitrogen and oxygen atoms in total. The largest absolute Gasteiger partial charge is 0.494 e.